The lowest BCUT2D eigenvalue weighted by Crippen LogP contribution is -2.49. The number of nitrogens with one attached hydrogen (secondary N) is 3. The van der Waals surface area contributed by atoms with Gasteiger partial charge in [-0.25, -0.2) is 4.79 Å². The minimum Gasteiger partial charge on any atom is -0.464 e. The number of para-hydroxylation sites is 1. The van der Waals surface area contributed by atoms with Crippen molar-refractivity contribution >= 4 is 28.7 Å². The highest BCUT2D eigenvalue weighted by Gasteiger charge is 2.52. The Morgan fingerprint density at radius 3 is 2.70 bits per heavy atom. The monoisotopic (exact) mass is 415 g/mol. The smallest absolute Gasteiger partial charge is 0.338 e. The van der Waals surface area contributed by atoms with E-state index in [4.69, 9.17) is 9.47 Å². The second-order valence-electron chi connectivity index (χ2n) is 7.83. The molecule has 2 aromatic rings. The molecular formula is C22H29N3O5. The molecule has 0 unspecified atom stereocenters. The highest BCUT2D eigenvalue weighted by Crippen LogP contribution is 2.24. The second kappa shape index (κ2) is 9.75. The quantitative estimate of drug-likeness (QED) is 0.404. The van der Waals surface area contributed by atoms with E-state index in [9.17, 15) is 14.4 Å². The van der Waals surface area contributed by atoms with Gasteiger partial charge >= 0.3 is 5.97 Å². The molecule has 8 heteroatoms. The zero-order valence-corrected chi connectivity index (χ0v) is 17.6. The summed E-state index contributed by atoms with van der Waals surface area (Å²) in [5, 5.41) is 6.65. The molecule has 1 aromatic heterocycles. The van der Waals surface area contributed by atoms with Gasteiger partial charge in [-0.15, -0.1) is 0 Å². The van der Waals surface area contributed by atoms with E-state index in [1.165, 1.54) is 0 Å². The first kappa shape index (κ1) is 21.8. The van der Waals surface area contributed by atoms with Crippen molar-refractivity contribution in [3.8, 4) is 0 Å². The van der Waals surface area contributed by atoms with Crippen LogP contribution in [-0.2, 0) is 30.3 Å². The van der Waals surface area contributed by atoms with Crippen LogP contribution < -0.4 is 10.6 Å². The van der Waals surface area contributed by atoms with Crippen molar-refractivity contribution in [2.24, 2.45) is 5.92 Å². The van der Waals surface area contributed by atoms with Crippen LogP contribution in [0.2, 0.25) is 0 Å². The van der Waals surface area contributed by atoms with Gasteiger partial charge in [0.05, 0.1) is 6.61 Å². The maximum Gasteiger partial charge on any atom is 0.338 e. The number of fused-ring (bicyclic) bond motifs is 1. The van der Waals surface area contributed by atoms with E-state index >= 15 is 0 Å². The molecule has 2 heterocycles. The number of amides is 2. The fourth-order valence-electron chi connectivity index (χ4n) is 3.31. The molecule has 3 N–H and O–H groups in total. The zero-order valence-electron chi connectivity index (χ0n) is 17.6. The molecule has 1 saturated heterocycles. The Morgan fingerprint density at radius 1 is 1.20 bits per heavy atom. The van der Waals surface area contributed by atoms with Gasteiger partial charge in [-0.05, 0) is 30.9 Å². The third kappa shape index (κ3) is 5.38. The molecule has 0 radical (unpaired) electrons. The molecule has 30 heavy (non-hydrogen) atoms. The summed E-state index contributed by atoms with van der Waals surface area (Å²) in [6.45, 7) is 6.60. The number of carbonyl (C=O) groups is 3. The Balaban J connectivity index is 1.68. The number of hydrogen-bond acceptors (Lipinski definition) is 5. The SMILES string of the molecule is CCOC(=O)[C@H]1O[C@@H]1C(=O)N[C@@H](Cc1c[nH]c2ccccc12)C(=O)NCCC(C)C. The molecule has 0 bridgehead atoms. The van der Waals surface area contributed by atoms with Crippen molar-refractivity contribution in [2.45, 2.75) is 51.9 Å². The van der Waals surface area contributed by atoms with E-state index < -0.39 is 30.1 Å². The van der Waals surface area contributed by atoms with Crippen LogP contribution in [0, 0.1) is 5.92 Å². The fraction of sp³-hybridized carbons (Fsp3) is 0.500. The van der Waals surface area contributed by atoms with Crippen molar-refractivity contribution in [1.29, 1.82) is 0 Å². The van der Waals surface area contributed by atoms with Gasteiger partial charge in [0.25, 0.3) is 5.91 Å². The van der Waals surface area contributed by atoms with Crippen LogP contribution in [0.3, 0.4) is 0 Å². The number of hydrogen-bond donors (Lipinski definition) is 3. The minimum atomic E-state index is -0.919. The Bertz CT molecular complexity index is 907. The summed E-state index contributed by atoms with van der Waals surface area (Å²) in [5.74, 6) is -0.858. The first-order valence-electron chi connectivity index (χ1n) is 10.4. The Morgan fingerprint density at radius 2 is 1.97 bits per heavy atom. The Labute approximate surface area is 175 Å². The van der Waals surface area contributed by atoms with E-state index in [1.807, 2.05) is 30.5 Å². The predicted molar refractivity (Wildman–Crippen MR) is 112 cm³/mol. The van der Waals surface area contributed by atoms with Crippen molar-refractivity contribution in [3.63, 3.8) is 0 Å². The number of carbonyl (C=O) groups excluding carboxylic acids is 3. The van der Waals surface area contributed by atoms with Crippen LogP contribution in [0.4, 0.5) is 0 Å². The average molecular weight is 415 g/mol. The molecule has 2 amide bonds. The first-order valence-corrected chi connectivity index (χ1v) is 10.4. The normalized spacial score (nSPS) is 18.8. The molecule has 162 valence electrons. The largest absolute Gasteiger partial charge is 0.464 e. The first-order chi connectivity index (χ1) is 14.4. The summed E-state index contributed by atoms with van der Waals surface area (Å²) in [6.07, 6.45) is 1.19. The van der Waals surface area contributed by atoms with Gasteiger partial charge in [0.2, 0.25) is 5.91 Å². The number of aromatic amines is 1. The van der Waals surface area contributed by atoms with Crippen molar-refractivity contribution in [3.05, 3.63) is 36.0 Å². The molecule has 0 spiro atoms. The number of esters is 1. The lowest BCUT2D eigenvalue weighted by Gasteiger charge is -2.18. The summed E-state index contributed by atoms with van der Waals surface area (Å²) in [7, 11) is 0. The van der Waals surface area contributed by atoms with E-state index in [1.54, 1.807) is 6.92 Å². The Kier molecular flexibility index (Phi) is 7.10. The number of ether oxygens (including phenoxy) is 2. The molecular weight excluding hydrogens is 386 g/mol. The lowest BCUT2D eigenvalue weighted by atomic mass is 10.0. The summed E-state index contributed by atoms with van der Waals surface area (Å²) < 4.78 is 10.0. The van der Waals surface area contributed by atoms with E-state index in [0.29, 0.717) is 18.9 Å². The van der Waals surface area contributed by atoms with Crippen LogP contribution in [0.15, 0.2) is 30.5 Å². The third-order valence-corrected chi connectivity index (χ3v) is 5.02. The summed E-state index contributed by atoms with van der Waals surface area (Å²) in [6, 6.07) is 7.00. The van der Waals surface area contributed by atoms with Crippen LogP contribution in [0.25, 0.3) is 10.9 Å². The van der Waals surface area contributed by atoms with Crippen LogP contribution in [-0.4, -0.2) is 54.2 Å². The summed E-state index contributed by atoms with van der Waals surface area (Å²) >= 11 is 0. The average Bonchev–Trinajstić information content (AvgIpc) is 3.42. The standard InChI is InChI=1S/C22H29N3O5/c1-4-29-22(28)19-18(30-19)21(27)25-17(20(26)23-10-9-13(2)3)11-14-12-24-16-8-6-5-7-15(14)16/h5-8,12-13,17-19,24H,4,9-11H2,1-3H3,(H,23,26)(H,25,27)/t17-,18-,19-/m0/s1. The molecule has 0 saturated carbocycles. The topological polar surface area (TPSA) is 113 Å². The maximum atomic E-state index is 12.8. The predicted octanol–water partition coefficient (Wildman–Crippen LogP) is 1.69. The summed E-state index contributed by atoms with van der Waals surface area (Å²) in [5.41, 5.74) is 1.89. The van der Waals surface area contributed by atoms with Crippen LogP contribution in [0.1, 0.15) is 32.8 Å². The van der Waals surface area contributed by atoms with Gasteiger partial charge in [0, 0.05) is 30.1 Å². The molecule has 0 aliphatic carbocycles. The van der Waals surface area contributed by atoms with Gasteiger partial charge < -0.3 is 25.1 Å². The van der Waals surface area contributed by atoms with Crippen LogP contribution >= 0.6 is 0 Å². The zero-order chi connectivity index (χ0) is 21.7. The second-order valence-corrected chi connectivity index (χ2v) is 7.83. The van der Waals surface area contributed by atoms with Gasteiger partial charge in [-0.1, -0.05) is 32.0 Å². The van der Waals surface area contributed by atoms with Gasteiger partial charge in [0.1, 0.15) is 6.04 Å². The number of aromatic nitrogens is 1. The van der Waals surface area contributed by atoms with Gasteiger partial charge in [-0.3, -0.25) is 9.59 Å². The molecule has 8 nitrogen and oxygen atoms in total. The van der Waals surface area contributed by atoms with E-state index in [2.05, 4.69) is 29.5 Å². The van der Waals surface area contributed by atoms with Gasteiger partial charge in [0.15, 0.2) is 12.2 Å². The minimum absolute atomic E-state index is 0.217. The van der Waals surface area contributed by atoms with E-state index in [-0.39, 0.29) is 12.5 Å². The molecule has 3 rings (SSSR count). The number of benzene rings is 1. The number of epoxide rings is 1. The van der Waals surface area contributed by atoms with Crippen molar-refractivity contribution in [2.75, 3.05) is 13.2 Å². The third-order valence-electron chi connectivity index (χ3n) is 5.02. The van der Waals surface area contributed by atoms with Crippen molar-refractivity contribution < 1.29 is 23.9 Å². The summed E-state index contributed by atoms with van der Waals surface area (Å²) in [4.78, 5) is 40.3. The molecule has 1 fully saturated rings. The highest BCUT2D eigenvalue weighted by molar-refractivity contribution is 5.96. The fourth-order valence-corrected chi connectivity index (χ4v) is 3.31. The van der Waals surface area contributed by atoms with Gasteiger partial charge in [-0.2, -0.15) is 0 Å². The molecule has 3 atom stereocenters. The van der Waals surface area contributed by atoms with Crippen molar-refractivity contribution in [1.82, 2.24) is 15.6 Å². The maximum absolute atomic E-state index is 12.8. The molecule has 1 aliphatic heterocycles. The van der Waals surface area contributed by atoms with Crippen LogP contribution in [0.5, 0.6) is 0 Å². The molecule has 1 aliphatic rings. The number of rotatable bonds is 10. The number of H-pyrrole nitrogens is 1. The lowest BCUT2D eigenvalue weighted by molar-refractivity contribution is -0.144. The Hall–Kier alpha value is -2.87. The highest BCUT2D eigenvalue weighted by atomic mass is 16.6. The molecule has 1 aromatic carbocycles. The van der Waals surface area contributed by atoms with E-state index in [0.717, 1.165) is 22.9 Å².